The fraction of sp³-hybridized carbons (Fsp3) is 0.615. The van der Waals surface area contributed by atoms with Gasteiger partial charge in [-0.1, -0.05) is 11.6 Å². The summed E-state index contributed by atoms with van der Waals surface area (Å²) in [4.78, 5) is 23.0. The number of carbonyl (C=O) groups excluding carboxylic acids is 1. The van der Waals surface area contributed by atoms with Crippen molar-refractivity contribution in [1.29, 1.82) is 0 Å². The second kappa shape index (κ2) is 10.9. The minimum atomic E-state index is -0.694. The summed E-state index contributed by atoms with van der Waals surface area (Å²) in [6, 6.07) is 1.97. The molecular weight excluding hydrogens is 590 g/mol. The SMILES string of the molecule is CC(C)(C)OC(=O)NCCCN(C[C@H]1C[C@@H](n2ccc3c(Cl)ncnc32)[C@@H]2OC(C)(C)O[C@H]12)c1cn[nH]c1Br. The molecule has 2 N–H and O–H groups in total. The van der Waals surface area contributed by atoms with E-state index in [-0.39, 0.29) is 24.2 Å². The van der Waals surface area contributed by atoms with Gasteiger partial charge < -0.3 is 29.0 Å². The maximum Gasteiger partial charge on any atom is 0.407 e. The molecule has 3 aromatic heterocycles. The van der Waals surface area contributed by atoms with Gasteiger partial charge in [-0.05, 0) is 69.5 Å². The summed E-state index contributed by atoms with van der Waals surface area (Å²) >= 11 is 9.94. The number of alkyl carbamates (subject to hydrolysis) is 1. The van der Waals surface area contributed by atoms with Crippen LogP contribution >= 0.6 is 27.5 Å². The molecule has 0 unspecified atom stereocenters. The average Bonchev–Trinajstić information content (AvgIpc) is 3.59. The maximum atomic E-state index is 12.1. The molecule has 0 radical (unpaired) electrons. The fourth-order valence-corrected chi connectivity index (χ4v) is 6.21. The quantitative estimate of drug-likeness (QED) is 0.263. The summed E-state index contributed by atoms with van der Waals surface area (Å²) in [5, 5.41) is 11.3. The van der Waals surface area contributed by atoms with E-state index in [1.54, 1.807) is 0 Å². The van der Waals surface area contributed by atoms with E-state index in [1.165, 1.54) is 6.33 Å². The predicted octanol–water partition coefficient (Wildman–Crippen LogP) is 5.07. The lowest BCUT2D eigenvalue weighted by molar-refractivity contribution is -0.159. The van der Waals surface area contributed by atoms with Crippen molar-refractivity contribution < 1.29 is 19.0 Å². The minimum Gasteiger partial charge on any atom is -0.444 e. The largest absolute Gasteiger partial charge is 0.444 e. The lowest BCUT2D eigenvalue weighted by atomic mass is 10.0. The Bertz CT molecular complexity index is 1320. The van der Waals surface area contributed by atoms with Crippen LogP contribution in [-0.4, -0.2) is 74.1 Å². The van der Waals surface area contributed by atoms with E-state index in [1.807, 2.05) is 53.1 Å². The van der Waals surface area contributed by atoms with Crippen LogP contribution in [0.25, 0.3) is 11.0 Å². The van der Waals surface area contributed by atoms with Crippen molar-refractivity contribution in [2.45, 2.75) is 77.1 Å². The summed E-state index contributed by atoms with van der Waals surface area (Å²) in [6.07, 6.45) is 6.21. The van der Waals surface area contributed by atoms with Crippen molar-refractivity contribution in [1.82, 2.24) is 30.0 Å². The number of anilines is 1. The molecular formula is C26H35BrClN7O4. The average molecular weight is 625 g/mol. The normalized spacial score (nSPS) is 24.2. The molecule has 1 aliphatic heterocycles. The summed E-state index contributed by atoms with van der Waals surface area (Å²) in [7, 11) is 0. The molecule has 13 heteroatoms. The molecule has 2 fully saturated rings. The molecule has 3 aromatic rings. The standard InChI is InChI=1S/C26H35BrClN7O4/c1-25(2,3)39-24(36)29-8-6-9-34(18-12-32-33-21(18)27)13-15-11-17(20-19(15)37-26(4,5)38-20)35-10-7-16-22(28)30-14-31-23(16)35/h7,10,12,14-15,17,19-20H,6,8-9,11,13H2,1-5H3,(H,29,36)(H,32,33)/t15-,17-,19-,20+/m1/s1. The van der Waals surface area contributed by atoms with Gasteiger partial charge in [0.15, 0.2) is 5.79 Å². The van der Waals surface area contributed by atoms with Crippen LogP contribution in [0, 0.1) is 5.92 Å². The number of fused-ring (bicyclic) bond motifs is 2. The number of aromatic amines is 1. The molecule has 4 atom stereocenters. The first-order chi connectivity index (χ1) is 18.4. The molecule has 11 nitrogen and oxygen atoms in total. The molecule has 212 valence electrons. The number of rotatable bonds is 8. The third-order valence-corrected chi connectivity index (χ3v) is 7.90. The highest BCUT2D eigenvalue weighted by Gasteiger charge is 2.55. The summed E-state index contributed by atoms with van der Waals surface area (Å²) in [6.45, 7) is 11.4. The van der Waals surface area contributed by atoms with Crippen molar-refractivity contribution in [2.75, 3.05) is 24.5 Å². The number of nitrogens with one attached hydrogen (secondary N) is 2. The Hall–Kier alpha value is -2.41. The van der Waals surface area contributed by atoms with E-state index in [0.717, 1.165) is 40.7 Å². The monoisotopic (exact) mass is 623 g/mol. The van der Waals surface area contributed by atoms with Gasteiger partial charge in [0.05, 0.1) is 29.4 Å². The summed E-state index contributed by atoms with van der Waals surface area (Å²) in [5.41, 5.74) is 1.21. The maximum absolute atomic E-state index is 12.1. The molecule has 1 saturated carbocycles. The molecule has 39 heavy (non-hydrogen) atoms. The molecule has 2 aliphatic rings. The number of ether oxygens (including phenoxy) is 3. The Kier molecular flexibility index (Phi) is 7.84. The molecule has 0 aromatic carbocycles. The highest BCUT2D eigenvalue weighted by atomic mass is 79.9. The van der Waals surface area contributed by atoms with Gasteiger partial charge in [0.2, 0.25) is 0 Å². The van der Waals surface area contributed by atoms with Crippen molar-refractivity contribution in [3.8, 4) is 0 Å². The van der Waals surface area contributed by atoms with Gasteiger partial charge in [-0.25, -0.2) is 14.8 Å². The molecule has 4 heterocycles. The zero-order valence-corrected chi connectivity index (χ0v) is 25.1. The number of amides is 1. The highest BCUT2D eigenvalue weighted by molar-refractivity contribution is 9.10. The molecule has 1 aliphatic carbocycles. The van der Waals surface area contributed by atoms with Crippen LogP contribution < -0.4 is 10.2 Å². The molecule has 5 rings (SSSR count). The lowest BCUT2D eigenvalue weighted by Crippen LogP contribution is -2.38. The summed E-state index contributed by atoms with van der Waals surface area (Å²) in [5.74, 6) is -0.530. The number of aromatic nitrogens is 5. The third kappa shape index (κ3) is 6.18. The third-order valence-electron chi connectivity index (χ3n) is 7.01. The Morgan fingerprint density at radius 3 is 2.82 bits per heavy atom. The van der Waals surface area contributed by atoms with Gasteiger partial charge in [-0.2, -0.15) is 5.10 Å². The van der Waals surface area contributed by atoms with Crippen LogP contribution in [0.1, 0.15) is 53.5 Å². The Balaban J connectivity index is 1.33. The first-order valence-corrected chi connectivity index (χ1v) is 14.3. The number of H-pyrrole nitrogens is 1. The Morgan fingerprint density at radius 2 is 2.10 bits per heavy atom. The van der Waals surface area contributed by atoms with Crippen LogP contribution in [0.4, 0.5) is 10.5 Å². The van der Waals surface area contributed by atoms with Crippen molar-refractivity contribution in [2.24, 2.45) is 5.92 Å². The Morgan fingerprint density at radius 1 is 1.33 bits per heavy atom. The number of nitrogens with zero attached hydrogens (tertiary/aromatic N) is 5. The second-order valence-electron chi connectivity index (χ2n) is 11.6. The molecule has 1 amide bonds. The van der Waals surface area contributed by atoms with Gasteiger partial charge in [-0.15, -0.1) is 0 Å². The number of carbonyl (C=O) groups is 1. The lowest BCUT2D eigenvalue weighted by Gasteiger charge is -2.30. The smallest absolute Gasteiger partial charge is 0.407 e. The van der Waals surface area contributed by atoms with E-state index < -0.39 is 17.5 Å². The van der Waals surface area contributed by atoms with Gasteiger partial charge >= 0.3 is 6.09 Å². The van der Waals surface area contributed by atoms with Crippen LogP contribution in [0.3, 0.4) is 0 Å². The predicted molar refractivity (Wildman–Crippen MR) is 151 cm³/mol. The van der Waals surface area contributed by atoms with Crippen LogP contribution in [0.5, 0.6) is 0 Å². The topological polar surface area (TPSA) is 119 Å². The van der Waals surface area contributed by atoms with Crippen LogP contribution in [-0.2, 0) is 14.2 Å². The minimum absolute atomic E-state index is 0.0220. The van der Waals surface area contributed by atoms with Gasteiger partial charge in [0, 0.05) is 31.7 Å². The molecule has 0 spiro atoms. The fourth-order valence-electron chi connectivity index (χ4n) is 5.57. The van der Waals surface area contributed by atoms with Gasteiger partial charge in [0.25, 0.3) is 0 Å². The first-order valence-electron chi connectivity index (χ1n) is 13.2. The zero-order valence-electron chi connectivity index (χ0n) is 22.8. The second-order valence-corrected chi connectivity index (χ2v) is 12.7. The molecule has 1 saturated heterocycles. The van der Waals surface area contributed by atoms with Crippen molar-refractivity contribution in [3.63, 3.8) is 0 Å². The van der Waals surface area contributed by atoms with Crippen molar-refractivity contribution in [3.05, 3.63) is 34.5 Å². The van der Waals surface area contributed by atoms with E-state index in [0.29, 0.717) is 18.2 Å². The highest BCUT2D eigenvalue weighted by Crippen LogP contribution is 2.48. The number of hydrogen-bond donors (Lipinski definition) is 2. The van der Waals surface area contributed by atoms with E-state index >= 15 is 0 Å². The first kappa shape index (κ1) is 28.1. The van der Waals surface area contributed by atoms with E-state index in [4.69, 9.17) is 25.8 Å². The Labute approximate surface area is 241 Å². The van der Waals surface area contributed by atoms with E-state index in [9.17, 15) is 4.79 Å². The van der Waals surface area contributed by atoms with Crippen molar-refractivity contribution >= 4 is 50.3 Å². The summed E-state index contributed by atoms with van der Waals surface area (Å²) < 4.78 is 21.2. The number of hydrogen-bond acceptors (Lipinski definition) is 8. The zero-order chi connectivity index (χ0) is 27.9. The molecule has 0 bridgehead atoms. The van der Waals surface area contributed by atoms with Crippen LogP contribution in [0.15, 0.2) is 29.4 Å². The van der Waals surface area contributed by atoms with Gasteiger partial charge in [-0.3, -0.25) is 5.10 Å². The number of halogens is 2. The van der Waals surface area contributed by atoms with Crippen LogP contribution in [0.2, 0.25) is 5.15 Å². The van der Waals surface area contributed by atoms with E-state index in [2.05, 4.69) is 50.9 Å². The van der Waals surface area contributed by atoms with Gasteiger partial charge in [0.1, 0.15) is 33.4 Å².